The number of unbranched alkanes of at least 4 members (excludes halogenated alkanes) is 6. The topological polar surface area (TPSA) is 0 Å². The minimum Gasteiger partial charge on any atom is -0.207 e. The van der Waals surface area contributed by atoms with Gasteiger partial charge in [0, 0.05) is 0 Å². The van der Waals surface area contributed by atoms with Gasteiger partial charge in [0.25, 0.3) is 0 Å². The summed E-state index contributed by atoms with van der Waals surface area (Å²) in [5.41, 5.74) is 9.75. The Kier molecular flexibility index (Phi) is 23.4. The van der Waals surface area contributed by atoms with E-state index in [1.165, 1.54) is 116 Å². The van der Waals surface area contributed by atoms with Gasteiger partial charge in [0.15, 0.2) is 0 Å². The Morgan fingerprint density at radius 3 is 1.09 bits per heavy atom. The first-order valence-corrected chi connectivity index (χ1v) is 15.2. The molecule has 0 aliphatic rings. The van der Waals surface area contributed by atoms with Crippen LogP contribution in [0.2, 0.25) is 0 Å². The molecular formula is C34H58Sr. The second-order valence-corrected chi connectivity index (χ2v) is 10.4. The van der Waals surface area contributed by atoms with E-state index < -0.39 is 0 Å². The van der Waals surface area contributed by atoms with Crippen LogP contribution >= 0.6 is 0 Å². The summed E-state index contributed by atoms with van der Waals surface area (Å²) < 4.78 is 0. The third-order valence-electron chi connectivity index (χ3n) is 7.10. The second-order valence-electron chi connectivity index (χ2n) is 10.4. The monoisotopic (exact) mass is 554 g/mol. The maximum atomic E-state index is 2.48. The van der Waals surface area contributed by atoms with Gasteiger partial charge in [-0.25, -0.2) is 12.1 Å². The average Bonchev–Trinajstić information content (AvgIpc) is 3.44. The zero-order valence-electron chi connectivity index (χ0n) is 24.7. The summed E-state index contributed by atoms with van der Waals surface area (Å²) in [6, 6.07) is 9.93. The minimum atomic E-state index is 0. The van der Waals surface area contributed by atoms with E-state index >= 15 is 0 Å². The van der Waals surface area contributed by atoms with Crippen LogP contribution in [0.1, 0.15) is 152 Å². The summed E-state index contributed by atoms with van der Waals surface area (Å²) in [4.78, 5) is 0. The fraction of sp³-hybridized carbons (Fsp3) is 0.706. The van der Waals surface area contributed by atoms with Crippen LogP contribution in [0.3, 0.4) is 0 Å². The average molecular weight is 554 g/mol. The van der Waals surface area contributed by atoms with Crippen LogP contribution in [0.4, 0.5) is 0 Å². The molecule has 196 valence electrons. The molecule has 2 rings (SSSR count). The van der Waals surface area contributed by atoms with Gasteiger partial charge < -0.3 is 0 Å². The molecule has 0 saturated carbocycles. The van der Waals surface area contributed by atoms with E-state index in [0.29, 0.717) is 0 Å². The van der Waals surface area contributed by atoms with Crippen molar-refractivity contribution in [3.8, 4) is 0 Å². The zero-order chi connectivity index (χ0) is 25.0. The summed E-state index contributed by atoms with van der Waals surface area (Å²) in [6.07, 6.45) is 23.6. The van der Waals surface area contributed by atoms with E-state index in [4.69, 9.17) is 0 Å². The molecule has 0 aliphatic heterocycles. The first kappa shape index (κ1) is 35.2. The molecule has 0 unspecified atom stereocenters. The first-order chi connectivity index (χ1) is 16.6. The van der Waals surface area contributed by atoms with E-state index in [9.17, 15) is 0 Å². The Balaban J connectivity index is 0.000000642. The molecule has 0 aliphatic carbocycles. The Morgan fingerprint density at radius 2 is 0.771 bits per heavy atom. The maximum absolute atomic E-state index is 2.48. The van der Waals surface area contributed by atoms with Crippen LogP contribution < -0.4 is 0 Å². The molecule has 0 saturated heterocycles. The van der Waals surface area contributed by atoms with Crippen molar-refractivity contribution in [1.82, 2.24) is 0 Å². The van der Waals surface area contributed by atoms with Gasteiger partial charge in [-0.05, 0) is 0 Å². The molecule has 1 heteroatoms. The molecule has 2 aromatic rings. The van der Waals surface area contributed by atoms with Crippen LogP contribution in [0.15, 0.2) is 24.3 Å². The zero-order valence-corrected chi connectivity index (χ0v) is 28.2. The normalized spacial score (nSPS) is 10.7. The first-order valence-electron chi connectivity index (χ1n) is 15.2. The van der Waals surface area contributed by atoms with Crippen LogP contribution in [0, 0.1) is 0 Å². The van der Waals surface area contributed by atoms with Crippen molar-refractivity contribution in [3.05, 3.63) is 57.6 Å². The van der Waals surface area contributed by atoms with Crippen molar-refractivity contribution in [2.75, 3.05) is 0 Å². The molecule has 0 heterocycles. The maximum Gasteiger partial charge on any atom is 2.00 e. The van der Waals surface area contributed by atoms with E-state index in [-0.39, 0.29) is 45.5 Å². The van der Waals surface area contributed by atoms with Crippen LogP contribution in [-0.2, 0) is 38.5 Å². The van der Waals surface area contributed by atoms with Gasteiger partial charge in [0.1, 0.15) is 0 Å². The number of hydrogen-bond donors (Lipinski definition) is 0. The molecule has 0 radical (unpaired) electrons. The molecule has 0 nitrogen and oxygen atoms in total. The van der Waals surface area contributed by atoms with Crippen LogP contribution in [0.25, 0.3) is 0 Å². The van der Waals surface area contributed by atoms with E-state index in [0.717, 1.165) is 0 Å². The Morgan fingerprint density at radius 1 is 0.457 bits per heavy atom. The Labute approximate surface area is 258 Å². The van der Waals surface area contributed by atoms with Gasteiger partial charge in [-0.1, -0.05) is 157 Å². The van der Waals surface area contributed by atoms with E-state index in [2.05, 4.69) is 65.8 Å². The third kappa shape index (κ3) is 15.2. The van der Waals surface area contributed by atoms with Crippen LogP contribution in [-0.4, -0.2) is 45.5 Å². The standard InChI is InChI=1S/2C17H29.Sr/c2*1-4-7-10-15-13-16(11-8-5-2)17(14-15)12-9-6-3;/h2*13-14H,4-12H2,1-3H3;/q2*-1;+2. The molecule has 2 aromatic carbocycles. The van der Waals surface area contributed by atoms with Crippen molar-refractivity contribution in [3.63, 3.8) is 0 Å². The summed E-state index contributed by atoms with van der Waals surface area (Å²) in [6.45, 7) is 13.7. The fourth-order valence-corrected chi connectivity index (χ4v) is 4.80. The van der Waals surface area contributed by atoms with Gasteiger partial charge in [-0.2, -0.15) is 45.5 Å². The summed E-state index contributed by atoms with van der Waals surface area (Å²) >= 11 is 0. The predicted octanol–water partition coefficient (Wildman–Crippen LogP) is 10.5. The smallest absolute Gasteiger partial charge is 0.207 e. The summed E-state index contributed by atoms with van der Waals surface area (Å²) in [5, 5.41) is 0. The van der Waals surface area contributed by atoms with Gasteiger partial charge in [-0.15, -0.1) is 0 Å². The number of hydrogen-bond acceptors (Lipinski definition) is 0. The summed E-state index contributed by atoms with van der Waals surface area (Å²) in [5.74, 6) is 0. The van der Waals surface area contributed by atoms with Crippen molar-refractivity contribution in [1.29, 1.82) is 0 Å². The van der Waals surface area contributed by atoms with Gasteiger partial charge >= 0.3 is 45.5 Å². The fourth-order valence-electron chi connectivity index (χ4n) is 4.80. The van der Waals surface area contributed by atoms with Gasteiger partial charge in [0.05, 0.1) is 0 Å². The minimum absolute atomic E-state index is 0. The molecule has 35 heavy (non-hydrogen) atoms. The summed E-state index contributed by atoms with van der Waals surface area (Å²) in [7, 11) is 0. The van der Waals surface area contributed by atoms with E-state index in [1.807, 2.05) is 0 Å². The molecule has 0 spiro atoms. The second kappa shape index (κ2) is 23.3. The van der Waals surface area contributed by atoms with Crippen molar-refractivity contribution in [2.45, 2.75) is 157 Å². The molecule has 0 bridgehead atoms. The molecule has 0 fully saturated rings. The van der Waals surface area contributed by atoms with Crippen LogP contribution in [0.5, 0.6) is 0 Å². The molecular weight excluding hydrogens is 496 g/mol. The quantitative estimate of drug-likeness (QED) is 0.127. The predicted molar refractivity (Wildman–Crippen MR) is 161 cm³/mol. The molecule has 0 aromatic heterocycles. The largest absolute Gasteiger partial charge is 2.00 e. The van der Waals surface area contributed by atoms with Crippen molar-refractivity contribution in [2.24, 2.45) is 0 Å². The Hall–Kier alpha value is 0.181. The van der Waals surface area contributed by atoms with E-state index in [1.54, 1.807) is 33.4 Å². The SMILES string of the molecule is CCCCc1cc(CCCC)[c-](CCCC)c1.CCCCc1cc(CCCC)[c-](CCCC)c1.[Sr+2]. The van der Waals surface area contributed by atoms with Gasteiger partial charge in [-0.3, -0.25) is 0 Å². The van der Waals surface area contributed by atoms with Crippen molar-refractivity contribution < 1.29 is 0 Å². The van der Waals surface area contributed by atoms with Crippen molar-refractivity contribution >= 4 is 45.5 Å². The number of aryl methyl sites for hydroxylation is 6. The molecule has 0 amide bonds. The van der Waals surface area contributed by atoms with Gasteiger partial charge in [0.2, 0.25) is 0 Å². The number of rotatable bonds is 18. The Bertz CT molecular complexity index is 604. The molecule has 0 N–H and O–H groups in total. The third-order valence-corrected chi connectivity index (χ3v) is 7.10. The molecule has 0 atom stereocenters.